The number of imidazole rings is 1. The van der Waals surface area contributed by atoms with Crippen molar-refractivity contribution in [2.24, 2.45) is 0 Å². The van der Waals surface area contributed by atoms with E-state index in [9.17, 15) is 0 Å². The third kappa shape index (κ3) is 1.60. The Morgan fingerprint density at radius 3 is 3.11 bits per heavy atom. The molecule has 4 rings (SSSR count). The molecule has 96 valence electrons. The lowest BCUT2D eigenvalue weighted by molar-refractivity contribution is 0.429. The van der Waals surface area contributed by atoms with Crippen LogP contribution in [0.15, 0.2) is 41.1 Å². The molecule has 2 atom stereocenters. The first-order chi connectivity index (χ1) is 9.33. The van der Waals surface area contributed by atoms with Gasteiger partial charge in [-0.2, -0.15) is 0 Å². The molecular formula is C15H15N3O. The van der Waals surface area contributed by atoms with Gasteiger partial charge in [-0.05, 0) is 12.1 Å². The van der Waals surface area contributed by atoms with E-state index in [1.54, 1.807) is 6.33 Å². The Kier molecular flexibility index (Phi) is 2.26. The van der Waals surface area contributed by atoms with Gasteiger partial charge in [-0.3, -0.25) is 0 Å². The number of nitrogens with one attached hydrogen (secondary N) is 2. The van der Waals surface area contributed by atoms with E-state index in [2.05, 4.69) is 34.3 Å². The zero-order valence-corrected chi connectivity index (χ0v) is 10.7. The summed E-state index contributed by atoms with van der Waals surface area (Å²) in [5.74, 6) is 1.38. The molecule has 1 aliphatic rings. The number of H-pyrrole nitrogens is 1. The zero-order chi connectivity index (χ0) is 12.8. The molecule has 0 fully saturated rings. The van der Waals surface area contributed by atoms with E-state index in [-0.39, 0.29) is 6.04 Å². The fourth-order valence-electron chi connectivity index (χ4n) is 2.82. The molecule has 3 heterocycles. The Hall–Kier alpha value is -2.07. The summed E-state index contributed by atoms with van der Waals surface area (Å²) in [7, 11) is 0. The van der Waals surface area contributed by atoms with Gasteiger partial charge in [0.25, 0.3) is 0 Å². The SMILES string of the molecule is C[C@H]1CNC(c2cc3ccccc3o2)c2[nH]cnc21. The summed E-state index contributed by atoms with van der Waals surface area (Å²) < 4.78 is 5.96. The molecule has 1 aliphatic heterocycles. The highest BCUT2D eigenvalue weighted by molar-refractivity contribution is 5.78. The standard InChI is InChI=1S/C15H15N3O/c1-9-7-16-14(15-13(9)17-8-18-15)12-6-10-4-2-3-5-11(10)19-12/h2-6,8-9,14,16H,7H2,1H3,(H,17,18)/t9-,14?/m0/s1. The molecule has 0 amide bonds. The van der Waals surface area contributed by atoms with E-state index >= 15 is 0 Å². The number of aromatic nitrogens is 2. The average Bonchev–Trinajstić information content (AvgIpc) is 3.05. The average molecular weight is 253 g/mol. The molecule has 2 aromatic heterocycles. The van der Waals surface area contributed by atoms with Crippen molar-refractivity contribution in [2.75, 3.05) is 6.54 Å². The van der Waals surface area contributed by atoms with Gasteiger partial charge in [0.05, 0.1) is 17.7 Å². The first-order valence-corrected chi connectivity index (χ1v) is 6.58. The van der Waals surface area contributed by atoms with Crippen LogP contribution >= 0.6 is 0 Å². The molecule has 0 spiro atoms. The molecule has 0 bridgehead atoms. The number of rotatable bonds is 1. The maximum absolute atomic E-state index is 5.96. The minimum atomic E-state index is 0.0705. The third-order valence-electron chi connectivity index (χ3n) is 3.81. The highest BCUT2D eigenvalue weighted by Gasteiger charge is 2.29. The van der Waals surface area contributed by atoms with Crippen molar-refractivity contribution >= 4 is 11.0 Å². The van der Waals surface area contributed by atoms with Crippen molar-refractivity contribution in [3.8, 4) is 0 Å². The van der Waals surface area contributed by atoms with Crippen LogP contribution in [-0.4, -0.2) is 16.5 Å². The number of para-hydroxylation sites is 1. The van der Waals surface area contributed by atoms with Crippen LogP contribution in [0.3, 0.4) is 0 Å². The predicted octanol–water partition coefficient (Wildman–Crippen LogP) is 2.95. The quantitative estimate of drug-likeness (QED) is 0.701. The molecule has 4 heteroatoms. The number of fused-ring (bicyclic) bond motifs is 2. The number of hydrogen-bond acceptors (Lipinski definition) is 3. The minimum Gasteiger partial charge on any atom is -0.459 e. The van der Waals surface area contributed by atoms with Crippen molar-refractivity contribution in [3.63, 3.8) is 0 Å². The van der Waals surface area contributed by atoms with Gasteiger partial charge < -0.3 is 14.7 Å². The molecule has 0 aliphatic carbocycles. The normalized spacial score (nSPS) is 22.6. The Labute approximate surface area is 110 Å². The highest BCUT2D eigenvalue weighted by atomic mass is 16.3. The zero-order valence-electron chi connectivity index (χ0n) is 10.7. The molecule has 1 unspecified atom stereocenters. The van der Waals surface area contributed by atoms with Gasteiger partial charge in [0.1, 0.15) is 17.4 Å². The van der Waals surface area contributed by atoms with E-state index in [0.29, 0.717) is 5.92 Å². The van der Waals surface area contributed by atoms with Crippen LogP contribution in [0.2, 0.25) is 0 Å². The first kappa shape index (κ1) is 10.8. The number of aromatic amines is 1. The summed E-state index contributed by atoms with van der Waals surface area (Å²) >= 11 is 0. The van der Waals surface area contributed by atoms with Gasteiger partial charge in [0.15, 0.2) is 0 Å². The van der Waals surface area contributed by atoms with Gasteiger partial charge in [0.2, 0.25) is 0 Å². The lowest BCUT2D eigenvalue weighted by atomic mass is 9.96. The van der Waals surface area contributed by atoms with Crippen molar-refractivity contribution in [2.45, 2.75) is 18.9 Å². The fraction of sp³-hybridized carbons (Fsp3) is 0.267. The predicted molar refractivity (Wildman–Crippen MR) is 73.1 cm³/mol. The van der Waals surface area contributed by atoms with E-state index < -0.39 is 0 Å². The molecule has 0 saturated heterocycles. The van der Waals surface area contributed by atoms with Gasteiger partial charge in [-0.1, -0.05) is 25.1 Å². The van der Waals surface area contributed by atoms with Gasteiger partial charge in [-0.25, -0.2) is 4.98 Å². The Morgan fingerprint density at radius 1 is 1.32 bits per heavy atom. The van der Waals surface area contributed by atoms with E-state index in [1.807, 2.05) is 18.2 Å². The van der Waals surface area contributed by atoms with Gasteiger partial charge >= 0.3 is 0 Å². The Morgan fingerprint density at radius 2 is 2.21 bits per heavy atom. The largest absolute Gasteiger partial charge is 0.459 e. The van der Waals surface area contributed by atoms with Gasteiger partial charge in [0, 0.05) is 17.8 Å². The maximum atomic E-state index is 5.96. The molecule has 4 nitrogen and oxygen atoms in total. The summed E-state index contributed by atoms with van der Waals surface area (Å²) in [5, 5.41) is 4.66. The minimum absolute atomic E-state index is 0.0705. The summed E-state index contributed by atoms with van der Waals surface area (Å²) in [6.45, 7) is 3.10. The second kappa shape index (κ2) is 3.96. The van der Waals surface area contributed by atoms with E-state index in [0.717, 1.165) is 34.7 Å². The van der Waals surface area contributed by atoms with Gasteiger partial charge in [-0.15, -0.1) is 0 Å². The lowest BCUT2D eigenvalue weighted by Crippen LogP contribution is -2.32. The third-order valence-corrected chi connectivity index (χ3v) is 3.81. The molecule has 2 N–H and O–H groups in total. The first-order valence-electron chi connectivity index (χ1n) is 6.58. The van der Waals surface area contributed by atoms with Crippen LogP contribution in [0.5, 0.6) is 0 Å². The highest BCUT2D eigenvalue weighted by Crippen LogP contribution is 2.33. The van der Waals surface area contributed by atoms with Crippen LogP contribution < -0.4 is 5.32 Å². The molecule has 0 saturated carbocycles. The molecule has 3 aromatic rings. The van der Waals surface area contributed by atoms with Crippen LogP contribution in [0.1, 0.15) is 36.0 Å². The summed E-state index contributed by atoms with van der Waals surface area (Å²) in [5.41, 5.74) is 3.20. The topological polar surface area (TPSA) is 53.9 Å². The molecule has 19 heavy (non-hydrogen) atoms. The fourth-order valence-corrected chi connectivity index (χ4v) is 2.82. The van der Waals surface area contributed by atoms with Crippen molar-refractivity contribution in [1.29, 1.82) is 0 Å². The number of benzene rings is 1. The Balaban J connectivity index is 1.83. The summed E-state index contributed by atoms with van der Waals surface area (Å²) in [6.07, 6.45) is 1.77. The van der Waals surface area contributed by atoms with Crippen molar-refractivity contribution < 1.29 is 4.42 Å². The van der Waals surface area contributed by atoms with Crippen LogP contribution in [0, 0.1) is 0 Å². The Bertz CT molecular complexity index is 695. The molecular weight excluding hydrogens is 238 g/mol. The number of hydrogen-bond donors (Lipinski definition) is 2. The lowest BCUT2D eigenvalue weighted by Gasteiger charge is -2.25. The van der Waals surface area contributed by atoms with Crippen LogP contribution in [-0.2, 0) is 0 Å². The van der Waals surface area contributed by atoms with Crippen LogP contribution in [0.4, 0.5) is 0 Å². The second-order valence-corrected chi connectivity index (χ2v) is 5.13. The molecule has 0 radical (unpaired) electrons. The van der Waals surface area contributed by atoms with E-state index in [4.69, 9.17) is 4.42 Å². The van der Waals surface area contributed by atoms with E-state index in [1.165, 1.54) is 0 Å². The molecule has 1 aromatic carbocycles. The number of nitrogens with zero attached hydrogens (tertiary/aromatic N) is 1. The number of furan rings is 1. The smallest absolute Gasteiger partial charge is 0.134 e. The monoisotopic (exact) mass is 253 g/mol. The maximum Gasteiger partial charge on any atom is 0.134 e. The van der Waals surface area contributed by atoms with Crippen molar-refractivity contribution in [1.82, 2.24) is 15.3 Å². The summed E-state index contributed by atoms with van der Waals surface area (Å²) in [6, 6.07) is 10.3. The van der Waals surface area contributed by atoms with Crippen molar-refractivity contribution in [3.05, 3.63) is 53.8 Å². The summed E-state index contributed by atoms with van der Waals surface area (Å²) in [4.78, 5) is 7.68. The second-order valence-electron chi connectivity index (χ2n) is 5.13. The van der Waals surface area contributed by atoms with Crippen LogP contribution in [0.25, 0.3) is 11.0 Å².